The smallest absolute Gasteiger partial charge is 0.306 e. The van der Waals surface area contributed by atoms with Gasteiger partial charge in [0.15, 0.2) is 18.2 Å². The number of hydrogen-bond acceptors (Lipinski definition) is 5. The number of esters is 1. The highest BCUT2D eigenvalue weighted by Gasteiger charge is 2.22. The summed E-state index contributed by atoms with van der Waals surface area (Å²) in [5.41, 5.74) is 2.66. The molecule has 3 rings (SSSR count). The molecule has 0 N–H and O–H groups in total. The molecule has 1 fully saturated rings. The van der Waals surface area contributed by atoms with Crippen molar-refractivity contribution >= 4 is 29.1 Å². The van der Waals surface area contributed by atoms with Gasteiger partial charge in [-0.2, -0.15) is 0 Å². The molecule has 0 radical (unpaired) electrons. The Bertz CT molecular complexity index is 933. The first-order chi connectivity index (χ1) is 13.9. The van der Waals surface area contributed by atoms with Crippen molar-refractivity contribution < 1.29 is 23.9 Å². The van der Waals surface area contributed by atoms with Gasteiger partial charge in [0, 0.05) is 36.2 Å². The number of benzene rings is 2. The van der Waals surface area contributed by atoms with E-state index in [4.69, 9.17) is 4.74 Å². The summed E-state index contributed by atoms with van der Waals surface area (Å²) in [4.78, 5) is 49.9. The minimum absolute atomic E-state index is 0.0304. The average Bonchev–Trinajstić information content (AvgIpc) is 3.16. The van der Waals surface area contributed by atoms with Crippen LogP contribution in [0.3, 0.4) is 0 Å². The minimum atomic E-state index is -0.593. The number of Topliss-reactive ketones (excluding diaryl/α,β-unsaturated/α-hetero) is 2. The van der Waals surface area contributed by atoms with Gasteiger partial charge in [0.2, 0.25) is 5.91 Å². The molecular formula is C23H23NO5. The van der Waals surface area contributed by atoms with E-state index >= 15 is 0 Å². The van der Waals surface area contributed by atoms with Crippen LogP contribution in [0.5, 0.6) is 0 Å². The number of ketones is 2. The number of hydrogen-bond donors (Lipinski definition) is 0. The van der Waals surface area contributed by atoms with E-state index in [1.54, 1.807) is 41.3 Å². The van der Waals surface area contributed by atoms with Gasteiger partial charge in [0.1, 0.15) is 0 Å². The topological polar surface area (TPSA) is 80.8 Å². The van der Waals surface area contributed by atoms with Gasteiger partial charge in [-0.25, -0.2) is 0 Å². The summed E-state index contributed by atoms with van der Waals surface area (Å²) in [5, 5.41) is 0. The Hall–Kier alpha value is -3.28. The molecule has 2 aromatic carbocycles. The SMILES string of the molecule is Cc1ccc(C(=O)CCC(=O)OCC(=O)c2cccc(N3CCCC3=O)c2)cc1. The summed E-state index contributed by atoms with van der Waals surface area (Å²) >= 11 is 0. The molecule has 1 aliphatic heterocycles. The standard InChI is InChI=1S/C23H23NO5/c1-16-7-9-17(10-8-16)20(25)11-12-23(28)29-15-21(26)18-4-2-5-19(14-18)24-13-3-6-22(24)27/h2,4-5,7-10,14H,3,6,11-13,15H2,1H3. The number of carbonyl (C=O) groups is 4. The second-order valence-electron chi connectivity index (χ2n) is 7.07. The number of nitrogens with zero attached hydrogens (tertiary/aromatic N) is 1. The normalized spacial score (nSPS) is 13.4. The number of rotatable bonds is 8. The van der Waals surface area contributed by atoms with Crippen LogP contribution < -0.4 is 4.90 Å². The van der Waals surface area contributed by atoms with Crippen molar-refractivity contribution in [3.8, 4) is 0 Å². The van der Waals surface area contributed by atoms with Crippen molar-refractivity contribution in [1.29, 1.82) is 0 Å². The minimum Gasteiger partial charge on any atom is -0.457 e. The Morgan fingerprint density at radius 1 is 0.966 bits per heavy atom. The maximum absolute atomic E-state index is 12.3. The predicted molar refractivity (Wildman–Crippen MR) is 108 cm³/mol. The Labute approximate surface area is 169 Å². The first-order valence-corrected chi connectivity index (χ1v) is 9.63. The van der Waals surface area contributed by atoms with Crippen molar-refractivity contribution in [2.45, 2.75) is 32.6 Å². The van der Waals surface area contributed by atoms with Crippen LogP contribution in [0.2, 0.25) is 0 Å². The van der Waals surface area contributed by atoms with E-state index in [1.165, 1.54) is 0 Å². The maximum atomic E-state index is 12.3. The summed E-state index contributed by atoms with van der Waals surface area (Å²) in [5.74, 6) is -1.04. The second-order valence-corrected chi connectivity index (χ2v) is 7.07. The summed E-state index contributed by atoms with van der Waals surface area (Å²) in [6.45, 7) is 2.18. The Morgan fingerprint density at radius 2 is 1.72 bits per heavy atom. The van der Waals surface area contributed by atoms with Crippen molar-refractivity contribution in [1.82, 2.24) is 0 Å². The molecule has 0 saturated carbocycles. The molecule has 0 unspecified atom stereocenters. The third-order valence-corrected chi connectivity index (χ3v) is 4.85. The van der Waals surface area contributed by atoms with Crippen LogP contribution in [-0.4, -0.2) is 36.6 Å². The van der Waals surface area contributed by atoms with Crippen LogP contribution in [0.15, 0.2) is 48.5 Å². The molecule has 1 saturated heterocycles. The van der Waals surface area contributed by atoms with Crippen LogP contribution in [0.1, 0.15) is 52.0 Å². The largest absolute Gasteiger partial charge is 0.457 e. The maximum Gasteiger partial charge on any atom is 0.306 e. The molecule has 1 heterocycles. The van der Waals surface area contributed by atoms with E-state index in [2.05, 4.69) is 0 Å². The first-order valence-electron chi connectivity index (χ1n) is 9.63. The fourth-order valence-corrected chi connectivity index (χ4v) is 3.17. The molecule has 150 valence electrons. The lowest BCUT2D eigenvalue weighted by Crippen LogP contribution is -2.24. The first kappa shape index (κ1) is 20.5. The number of carbonyl (C=O) groups excluding carboxylic acids is 4. The van der Waals surface area contributed by atoms with Crippen LogP contribution in [0.4, 0.5) is 5.69 Å². The summed E-state index contributed by atoms with van der Waals surface area (Å²) in [6, 6.07) is 13.9. The number of aryl methyl sites for hydroxylation is 1. The summed E-state index contributed by atoms with van der Waals surface area (Å²) in [7, 11) is 0. The monoisotopic (exact) mass is 393 g/mol. The molecule has 6 nitrogen and oxygen atoms in total. The summed E-state index contributed by atoms with van der Waals surface area (Å²) < 4.78 is 5.03. The van der Waals surface area contributed by atoms with Gasteiger partial charge in [-0.1, -0.05) is 42.0 Å². The molecule has 2 aromatic rings. The summed E-state index contributed by atoms with van der Waals surface area (Å²) in [6.07, 6.45) is 1.26. The van der Waals surface area contributed by atoms with E-state index in [-0.39, 0.29) is 30.3 Å². The van der Waals surface area contributed by atoms with Crippen molar-refractivity contribution in [2.75, 3.05) is 18.1 Å². The predicted octanol–water partition coefficient (Wildman–Crippen LogP) is 3.51. The molecule has 0 bridgehead atoms. The van der Waals surface area contributed by atoms with Crippen LogP contribution in [0, 0.1) is 6.92 Å². The Morgan fingerprint density at radius 3 is 2.41 bits per heavy atom. The molecule has 29 heavy (non-hydrogen) atoms. The van der Waals surface area contributed by atoms with E-state index in [0.717, 1.165) is 12.0 Å². The number of ether oxygens (including phenoxy) is 1. The molecule has 1 amide bonds. The molecule has 0 aromatic heterocycles. The van der Waals surface area contributed by atoms with Crippen LogP contribution >= 0.6 is 0 Å². The highest BCUT2D eigenvalue weighted by molar-refractivity contribution is 6.01. The van der Waals surface area contributed by atoms with E-state index in [0.29, 0.717) is 29.8 Å². The fraction of sp³-hybridized carbons (Fsp3) is 0.304. The zero-order valence-corrected chi connectivity index (χ0v) is 16.3. The molecule has 0 spiro atoms. The van der Waals surface area contributed by atoms with Gasteiger partial charge in [0.05, 0.1) is 6.42 Å². The van der Waals surface area contributed by atoms with Gasteiger partial charge >= 0.3 is 5.97 Å². The van der Waals surface area contributed by atoms with Gasteiger partial charge in [-0.05, 0) is 25.5 Å². The molecule has 0 aliphatic carbocycles. The molecule has 1 aliphatic rings. The van der Waals surface area contributed by atoms with E-state index in [1.807, 2.05) is 19.1 Å². The van der Waals surface area contributed by atoms with Gasteiger partial charge in [0.25, 0.3) is 0 Å². The third-order valence-electron chi connectivity index (χ3n) is 4.85. The van der Waals surface area contributed by atoms with Gasteiger partial charge in [-0.15, -0.1) is 0 Å². The molecular weight excluding hydrogens is 370 g/mol. The van der Waals surface area contributed by atoms with E-state index < -0.39 is 12.6 Å². The van der Waals surface area contributed by atoms with Crippen molar-refractivity contribution in [3.05, 3.63) is 65.2 Å². The zero-order valence-electron chi connectivity index (χ0n) is 16.3. The zero-order chi connectivity index (χ0) is 20.8. The average molecular weight is 393 g/mol. The molecule has 6 heteroatoms. The third kappa shape index (κ3) is 5.38. The van der Waals surface area contributed by atoms with Crippen molar-refractivity contribution in [2.24, 2.45) is 0 Å². The number of anilines is 1. The fourth-order valence-electron chi connectivity index (χ4n) is 3.17. The molecule has 0 atom stereocenters. The lowest BCUT2D eigenvalue weighted by molar-refractivity contribution is -0.142. The van der Waals surface area contributed by atoms with Gasteiger partial charge in [-0.3, -0.25) is 19.2 Å². The number of amides is 1. The highest BCUT2D eigenvalue weighted by Crippen LogP contribution is 2.22. The van der Waals surface area contributed by atoms with Gasteiger partial charge < -0.3 is 9.64 Å². The lowest BCUT2D eigenvalue weighted by Gasteiger charge is -2.16. The van der Waals surface area contributed by atoms with Crippen LogP contribution in [-0.2, 0) is 14.3 Å². The quantitative estimate of drug-likeness (QED) is 0.506. The lowest BCUT2D eigenvalue weighted by atomic mass is 10.1. The van der Waals surface area contributed by atoms with Crippen molar-refractivity contribution in [3.63, 3.8) is 0 Å². The Balaban J connectivity index is 1.48. The van der Waals surface area contributed by atoms with E-state index in [9.17, 15) is 19.2 Å². The Kier molecular flexibility index (Phi) is 6.54. The highest BCUT2D eigenvalue weighted by atomic mass is 16.5. The second kappa shape index (κ2) is 9.28. The van der Waals surface area contributed by atoms with Crippen LogP contribution in [0.25, 0.3) is 0 Å².